The van der Waals surface area contributed by atoms with Gasteiger partial charge in [-0.2, -0.15) is 0 Å². The highest BCUT2D eigenvalue weighted by molar-refractivity contribution is 9.10. The first-order chi connectivity index (χ1) is 8.99. The van der Waals surface area contributed by atoms with Gasteiger partial charge in [0.2, 0.25) is 0 Å². The van der Waals surface area contributed by atoms with Gasteiger partial charge in [0.25, 0.3) is 5.91 Å². The van der Waals surface area contributed by atoms with Gasteiger partial charge in [0.15, 0.2) is 0 Å². The van der Waals surface area contributed by atoms with Crippen LogP contribution in [0.5, 0.6) is 0 Å². The summed E-state index contributed by atoms with van der Waals surface area (Å²) in [6.07, 6.45) is 3.29. The van der Waals surface area contributed by atoms with E-state index in [4.69, 9.17) is 11.6 Å². The molecule has 4 heteroatoms. The maximum atomic E-state index is 12.3. The van der Waals surface area contributed by atoms with E-state index in [1.54, 1.807) is 6.07 Å². The molecule has 19 heavy (non-hydrogen) atoms. The summed E-state index contributed by atoms with van der Waals surface area (Å²) in [7, 11) is 0. The second-order valence-corrected chi connectivity index (χ2v) is 6.77. The van der Waals surface area contributed by atoms with Gasteiger partial charge in [-0.1, -0.05) is 31.5 Å². The second kappa shape index (κ2) is 6.27. The lowest BCUT2D eigenvalue weighted by atomic mass is 9.79. The number of benzene rings is 1. The van der Waals surface area contributed by atoms with Gasteiger partial charge in [0.05, 0.1) is 10.6 Å². The molecule has 2 rings (SSSR count). The maximum absolute atomic E-state index is 12.3. The number of carbonyl (C=O) groups is 1. The van der Waals surface area contributed by atoms with E-state index in [1.165, 1.54) is 6.42 Å². The molecule has 0 aromatic heterocycles. The number of rotatable bonds is 2. The van der Waals surface area contributed by atoms with E-state index in [0.29, 0.717) is 16.5 Å². The largest absolute Gasteiger partial charge is 0.349 e. The molecule has 1 saturated carbocycles. The van der Waals surface area contributed by atoms with Gasteiger partial charge in [0.1, 0.15) is 0 Å². The molecule has 3 atom stereocenters. The molecule has 0 bridgehead atoms. The molecular formula is C15H19BrClNO. The minimum absolute atomic E-state index is 0.0712. The van der Waals surface area contributed by atoms with Crippen molar-refractivity contribution < 1.29 is 4.79 Å². The molecule has 1 fully saturated rings. The van der Waals surface area contributed by atoms with Crippen LogP contribution in [0, 0.1) is 11.8 Å². The van der Waals surface area contributed by atoms with Gasteiger partial charge in [-0.3, -0.25) is 4.79 Å². The third-order valence-electron chi connectivity index (χ3n) is 4.13. The molecular weight excluding hydrogens is 326 g/mol. The molecule has 1 amide bonds. The van der Waals surface area contributed by atoms with E-state index in [1.807, 2.05) is 12.1 Å². The summed E-state index contributed by atoms with van der Waals surface area (Å²) in [5, 5.41) is 3.59. The van der Waals surface area contributed by atoms with E-state index < -0.39 is 0 Å². The number of halogens is 2. The quantitative estimate of drug-likeness (QED) is 0.831. The molecule has 0 aliphatic heterocycles. The molecule has 104 valence electrons. The molecule has 0 saturated heterocycles. The summed E-state index contributed by atoms with van der Waals surface area (Å²) in [6, 6.07) is 5.70. The Balaban J connectivity index is 2.03. The molecule has 1 N–H and O–H groups in total. The van der Waals surface area contributed by atoms with Gasteiger partial charge in [0, 0.05) is 10.5 Å². The third kappa shape index (κ3) is 3.51. The zero-order valence-electron chi connectivity index (χ0n) is 11.2. The molecule has 2 nitrogen and oxygen atoms in total. The normalized spacial score (nSPS) is 27.1. The summed E-state index contributed by atoms with van der Waals surface area (Å²) in [5.74, 6) is 1.35. The Labute approximate surface area is 128 Å². The van der Waals surface area contributed by atoms with Crippen LogP contribution in [0.1, 0.15) is 43.5 Å². The fourth-order valence-electron chi connectivity index (χ4n) is 2.62. The smallest absolute Gasteiger partial charge is 0.253 e. The fourth-order valence-corrected chi connectivity index (χ4v) is 3.20. The SMILES string of the molecule is CC1CCC(NC(=O)c2cccc(Br)c2Cl)CC1C. The van der Waals surface area contributed by atoms with Crippen molar-refractivity contribution in [1.29, 1.82) is 0 Å². The van der Waals surface area contributed by atoms with Gasteiger partial charge in [-0.15, -0.1) is 0 Å². The van der Waals surface area contributed by atoms with Gasteiger partial charge in [-0.05, 0) is 59.2 Å². The zero-order valence-corrected chi connectivity index (χ0v) is 13.6. The van der Waals surface area contributed by atoms with E-state index in [-0.39, 0.29) is 11.9 Å². The zero-order chi connectivity index (χ0) is 14.0. The van der Waals surface area contributed by atoms with Crippen LogP contribution in [0.3, 0.4) is 0 Å². The summed E-state index contributed by atoms with van der Waals surface area (Å²) < 4.78 is 0.757. The number of amides is 1. The standard InChI is InChI=1S/C15H19BrClNO/c1-9-6-7-11(8-10(9)2)18-15(19)12-4-3-5-13(16)14(12)17/h3-5,9-11H,6-8H2,1-2H3,(H,18,19). The molecule has 0 spiro atoms. The first kappa shape index (κ1) is 14.9. The summed E-state index contributed by atoms with van der Waals surface area (Å²) >= 11 is 9.49. The Bertz CT molecular complexity index is 477. The van der Waals surface area contributed by atoms with E-state index >= 15 is 0 Å². The third-order valence-corrected chi connectivity index (χ3v) is 5.43. The monoisotopic (exact) mass is 343 g/mol. The maximum Gasteiger partial charge on any atom is 0.253 e. The summed E-state index contributed by atoms with van der Waals surface area (Å²) in [6.45, 7) is 4.54. The van der Waals surface area contributed by atoms with Crippen LogP contribution < -0.4 is 5.32 Å². The van der Waals surface area contributed by atoms with Gasteiger partial charge >= 0.3 is 0 Å². The number of nitrogens with one attached hydrogen (secondary N) is 1. The van der Waals surface area contributed by atoms with Gasteiger partial charge in [-0.25, -0.2) is 0 Å². The van der Waals surface area contributed by atoms with Crippen molar-refractivity contribution in [2.24, 2.45) is 11.8 Å². The average Bonchev–Trinajstić information content (AvgIpc) is 2.37. The van der Waals surface area contributed by atoms with Crippen LogP contribution in [-0.4, -0.2) is 11.9 Å². The molecule has 0 radical (unpaired) electrons. The Morgan fingerprint density at radius 2 is 2.05 bits per heavy atom. The van der Waals surface area contributed by atoms with Crippen molar-refractivity contribution in [3.63, 3.8) is 0 Å². The first-order valence-electron chi connectivity index (χ1n) is 6.74. The lowest BCUT2D eigenvalue weighted by molar-refractivity contribution is 0.0910. The fraction of sp³-hybridized carbons (Fsp3) is 0.533. The number of hydrogen-bond acceptors (Lipinski definition) is 1. The highest BCUT2D eigenvalue weighted by atomic mass is 79.9. The number of hydrogen-bond donors (Lipinski definition) is 1. The van der Waals surface area contributed by atoms with Crippen LogP contribution in [0.15, 0.2) is 22.7 Å². The topological polar surface area (TPSA) is 29.1 Å². The highest BCUT2D eigenvalue weighted by Crippen LogP contribution is 2.30. The van der Waals surface area contributed by atoms with Crippen LogP contribution >= 0.6 is 27.5 Å². The van der Waals surface area contributed by atoms with Crippen molar-refractivity contribution in [2.75, 3.05) is 0 Å². The van der Waals surface area contributed by atoms with Crippen LogP contribution in [0.4, 0.5) is 0 Å². The summed E-state index contributed by atoms with van der Waals surface area (Å²) in [5.41, 5.74) is 0.544. The van der Waals surface area contributed by atoms with Crippen molar-refractivity contribution in [3.05, 3.63) is 33.3 Å². The van der Waals surface area contributed by atoms with Crippen molar-refractivity contribution in [3.8, 4) is 0 Å². The molecule has 1 aliphatic rings. The van der Waals surface area contributed by atoms with Crippen molar-refractivity contribution >= 4 is 33.4 Å². The first-order valence-corrected chi connectivity index (χ1v) is 7.91. The summed E-state index contributed by atoms with van der Waals surface area (Å²) in [4.78, 5) is 12.3. The predicted octanol–water partition coefficient (Wildman–Crippen LogP) is 4.66. The lowest BCUT2D eigenvalue weighted by Crippen LogP contribution is -2.39. The molecule has 1 aromatic carbocycles. The molecule has 3 unspecified atom stereocenters. The lowest BCUT2D eigenvalue weighted by Gasteiger charge is -2.32. The van der Waals surface area contributed by atoms with Crippen LogP contribution in [-0.2, 0) is 0 Å². The molecule has 0 heterocycles. The minimum atomic E-state index is -0.0712. The van der Waals surface area contributed by atoms with E-state index in [0.717, 1.165) is 23.2 Å². The Morgan fingerprint density at radius 1 is 1.32 bits per heavy atom. The Kier molecular flexibility index (Phi) is 4.91. The van der Waals surface area contributed by atoms with Crippen LogP contribution in [0.25, 0.3) is 0 Å². The van der Waals surface area contributed by atoms with Crippen molar-refractivity contribution in [1.82, 2.24) is 5.32 Å². The average molecular weight is 345 g/mol. The molecule has 1 aliphatic carbocycles. The molecule has 1 aromatic rings. The van der Waals surface area contributed by atoms with Crippen LogP contribution in [0.2, 0.25) is 5.02 Å². The predicted molar refractivity (Wildman–Crippen MR) is 82.6 cm³/mol. The number of carbonyl (C=O) groups excluding carboxylic acids is 1. The Hall–Kier alpha value is -0.540. The minimum Gasteiger partial charge on any atom is -0.349 e. The Morgan fingerprint density at radius 3 is 2.74 bits per heavy atom. The van der Waals surface area contributed by atoms with Gasteiger partial charge < -0.3 is 5.32 Å². The van der Waals surface area contributed by atoms with E-state index in [2.05, 4.69) is 35.1 Å². The second-order valence-electron chi connectivity index (χ2n) is 5.54. The van der Waals surface area contributed by atoms with Crippen molar-refractivity contribution in [2.45, 2.75) is 39.2 Å². The van der Waals surface area contributed by atoms with E-state index in [9.17, 15) is 4.79 Å². The highest BCUT2D eigenvalue weighted by Gasteiger charge is 2.26.